The van der Waals surface area contributed by atoms with Crippen LogP contribution in [0.5, 0.6) is 0 Å². The van der Waals surface area contributed by atoms with Gasteiger partial charge in [-0.2, -0.15) is 4.98 Å². The van der Waals surface area contributed by atoms with Crippen molar-refractivity contribution in [2.75, 3.05) is 0 Å². The van der Waals surface area contributed by atoms with E-state index in [0.717, 1.165) is 50.0 Å². The minimum Gasteiger partial charge on any atom is -0.438 e. The molecule has 0 atom stereocenters. The first-order valence-corrected chi connectivity index (χ1v) is 18.2. The fourth-order valence-corrected chi connectivity index (χ4v) is 8.62. The summed E-state index contributed by atoms with van der Waals surface area (Å²) in [6.45, 7) is 4.70. The quantitative estimate of drug-likeness (QED) is 0.186. The number of hydrogen-bond donors (Lipinski definition) is 0. The molecule has 0 fully saturated rings. The second-order valence-corrected chi connectivity index (χ2v) is 14.6. The molecule has 0 bridgehead atoms. The second kappa shape index (κ2) is 11.1. The fraction of sp³-hybridized carbons (Fsp3) is 0.0612. The average Bonchev–Trinajstić information content (AvgIpc) is 3.82. The molecule has 0 unspecified atom stereocenters. The van der Waals surface area contributed by atoms with E-state index in [0.29, 0.717) is 11.5 Å². The summed E-state index contributed by atoms with van der Waals surface area (Å²) in [6, 6.07) is 58.3. The van der Waals surface area contributed by atoms with Crippen molar-refractivity contribution in [2.45, 2.75) is 19.3 Å². The molecule has 0 saturated carbocycles. The molecule has 11 rings (SSSR count). The smallest absolute Gasteiger partial charge is 0.231 e. The SMILES string of the molecule is CC1(C)c2ccccc2-c2cc3c4cc(-c5ccc6oc7nc(-c8ccccc8)nc(-c8ccccc8)c7c6c5)ccc4n(-c4ccccc4)c3cc21. The Morgan fingerprint density at radius 2 is 1.13 bits per heavy atom. The van der Waals surface area contributed by atoms with E-state index in [1.54, 1.807) is 0 Å². The molecule has 10 aromatic rings. The summed E-state index contributed by atoms with van der Waals surface area (Å²) in [5, 5.41) is 4.40. The van der Waals surface area contributed by atoms with Crippen molar-refractivity contribution in [2.24, 2.45) is 0 Å². The maximum Gasteiger partial charge on any atom is 0.231 e. The van der Waals surface area contributed by atoms with Gasteiger partial charge >= 0.3 is 0 Å². The Morgan fingerprint density at radius 3 is 1.91 bits per heavy atom. The minimum atomic E-state index is -0.0871. The van der Waals surface area contributed by atoms with Crippen LogP contribution in [0.15, 0.2) is 168 Å². The summed E-state index contributed by atoms with van der Waals surface area (Å²) >= 11 is 0. The molecule has 4 nitrogen and oxygen atoms in total. The van der Waals surface area contributed by atoms with Gasteiger partial charge in [0.15, 0.2) is 5.82 Å². The molecular formula is C49H33N3O. The van der Waals surface area contributed by atoms with Crippen LogP contribution < -0.4 is 0 Å². The van der Waals surface area contributed by atoms with Crippen LogP contribution in [0.25, 0.3) is 94.5 Å². The lowest BCUT2D eigenvalue weighted by Gasteiger charge is -2.21. The second-order valence-electron chi connectivity index (χ2n) is 14.6. The van der Waals surface area contributed by atoms with Crippen LogP contribution in [-0.4, -0.2) is 14.5 Å². The van der Waals surface area contributed by atoms with Crippen LogP contribution in [-0.2, 0) is 5.41 Å². The number of para-hydroxylation sites is 1. The summed E-state index contributed by atoms with van der Waals surface area (Å²) < 4.78 is 8.91. The van der Waals surface area contributed by atoms with Crippen LogP contribution in [0.2, 0.25) is 0 Å². The summed E-state index contributed by atoms with van der Waals surface area (Å²) in [5.41, 5.74) is 15.4. The van der Waals surface area contributed by atoms with Crippen LogP contribution >= 0.6 is 0 Å². The van der Waals surface area contributed by atoms with Gasteiger partial charge in [0.25, 0.3) is 0 Å². The lowest BCUT2D eigenvalue weighted by Crippen LogP contribution is -2.14. The largest absolute Gasteiger partial charge is 0.438 e. The van der Waals surface area contributed by atoms with Crippen molar-refractivity contribution in [3.8, 4) is 50.6 Å². The van der Waals surface area contributed by atoms with Gasteiger partial charge < -0.3 is 8.98 Å². The maximum absolute atomic E-state index is 6.48. The van der Waals surface area contributed by atoms with Gasteiger partial charge in [-0.25, -0.2) is 4.98 Å². The molecule has 1 aliphatic rings. The minimum absolute atomic E-state index is 0.0871. The predicted molar refractivity (Wildman–Crippen MR) is 218 cm³/mol. The van der Waals surface area contributed by atoms with E-state index in [-0.39, 0.29) is 5.41 Å². The molecule has 4 heteroatoms. The van der Waals surface area contributed by atoms with Gasteiger partial charge in [0.2, 0.25) is 5.71 Å². The highest BCUT2D eigenvalue weighted by Gasteiger charge is 2.36. The molecule has 7 aromatic carbocycles. The third kappa shape index (κ3) is 4.42. The summed E-state index contributed by atoms with van der Waals surface area (Å²) in [4.78, 5) is 10.1. The predicted octanol–water partition coefficient (Wildman–Crippen LogP) is 12.8. The van der Waals surface area contributed by atoms with Crippen LogP contribution in [0, 0.1) is 0 Å². The van der Waals surface area contributed by atoms with Gasteiger partial charge in [0.1, 0.15) is 5.58 Å². The van der Waals surface area contributed by atoms with Crippen molar-refractivity contribution < 1.29 is 4.42 Å². The highest BCUT2D eigenvalue weighted by Crippen LogP contribution is 2.51. The summed E-state index contributed by atoms with van der Waals surface area (Å²) in [5.74, 6) is 0.647. The normalized spacial score (nSPS) is 13.2. The molecular weight excluding hydrogens is 647 g/mol. The van der Waals surface area contributed by atoms with Crippen molar-refractivity contribution in [1.82, 2.24) is 14.5 Å². The first kappa shape index (κ1) is 29.9. The van der Waals surface area contributed by atoms with E-state index in [1.807, 2.05) is 36.4 Å². The van der Waals surface area contributed by atoms with Crippen molar-refractivity contribution in [3.05, 3.63) is 175 Å². The molecule has 3 aromatic heterocycles. The summed E-state index contributed by atoms with van der Waals surface area (Å²) in [6.07, 6.45) is 0. The van der Waals surface area contributed by atoms with Crippen LogP contribution in [0.4, 0.5) is 0 Å². The topological polar surface area (TPSA) is 43.9 Å². The monoisotopic (exact) mass is 679 g/mol. The molecule has 0 aliphatic heterocycles. The Hall–Kier alpha value is -6.78. The molecule has 0 N–H and O–H groups in total. The Morgan fingerprint density at radius 1 is 0.491 bits per heavy atom. The van der Waals surface area contributed by atoms with Gasteiger partial charge in [0.05, 0.1) is 22.1 Å². The molecule has 0 radical (unpaired) electrons. The molecule has 0 amide bonds. The molecule has 1 aliphatic carbocycles. The lowest BCUT2D eigenvalue weighted by molar-refractivity contribution is 0.653. The third-order valence-corrected chi connectivity index (χ3v) is 11.2. The average molecular weight is 680 g/mol. The van der Waals surface area contributed by atoms with Gasteiger partial charge in [0, 0.05) is 38.4 Å². The van der Waals surface area contributed by atoms with E-state index < -0.39 is 0 Å². The Kier molecular flexibility index (Phi) is 6.27. The molecule has 250 valence electrons. The molecule has 0 saturated heterocycles. The Bertz CT molecular complexity index is 3060. The summed E-state index contributed by atoms with van der Waals surface area (Å²) in [7, 11) is 0. The van der Waals surface area contributed by atoms with Gasteiger partial charge in [-0.05, 0) is 81.9 Å². The van der Waals surface area contributed by atoms with E-state index >= 15 is 0 Å². The Labute approximate surface area is 306 Å². The van der Waals surface area contributed by atoms with Crippen molar-refractivity contribution >= 4 is 43.9 Å². The van der Waals surface area contributed by atoms with Crippen LogP contribution in [0.3, 0.4) is 0 Å². The number of nitrogens with zero attached hydrogens (tertiary/aromatic N) is 3. The maximum atomic E-state index is 6.48. The zero-order chi connectivity index (χ0) is 35.3. The molecule has 3 heterocycles. The third-order valence-electron chi connectivity index (χ3n) is 11.2. The zero-order valence-electron chi connectivity index (χ0n) is 29.3. The highest BCUT2D eigenvalue weighted by atomic mass is 16.3. The number of aromatic nitrogens is 3. The van der Waals surface area contributed by atoms with E-state index in [1.165, 1.54) is 44.1 Å². The lowest BCUT2D eigenvalue weighted by atomic mass is 9.82. The van der Waals surface area contributed by atoms with E-state index in [4.69, 9.17) is 14.4 Å². The van der Waals surface area contributed by atoms with E-state index in [2.05, 4.69) is 146 Å². The number of furan rings is 1. The van der Waals surface area contributed by atoms with Gasteiger partial charge in [-0.1, -0.05) is 129 Å². The number of hydrogen-bond acceptors (Lipinski definition) is 3. The van der Waals surface area contributed by atoms with E-state index in [9.17, 15) is 0 Å². The molecule has 0 spiro atoms. The standard InChI is InChI=1S/C49H33N3O/c1-49(2)40-21-13-12-20-35(40)36-28-38-37-26-32(22-24-42(37)52(43(38)29-41(36)49)34-18-10-5-11-19-34)33-23-25-44-39(27-33)45-46(30-14-6-3-7-15-30)50-47(51-48(45)53-44)31-16-8-4-9-17-31/h3-29H,1-2H3. The zero-order valence-corrected chi connectivity index (χ0v) is 29.3. The number of rotatable bonds is 4. The van der Waals surface area contributed by atoms with Crippen LogP contribution in [0.1, 0.15) is 25.0 Å². The van der Waals surface area contributed by atoms with Gasteiger partial charge in [-0.15, -0.1) is 0 Å². The van der Waals surface area contributed by atoms with Crippen molar-refractivity contribution in [3.63, 3.8) is 0 Å². The highest BCUT2D eigenvalue weighted by molar-refractivity contribution is 6.14. The van der Waals surface area contributed by atoms with Gasteiger partial charge in [-0.3, -0.25) is 0 Å². The fourth-order valence-electron chi connectivity index (χ4n) is 8.62. The van der Waals surface area contributed by atoms with Crippen molar-refractivity contribution in [1.29, 1.82) is 0 Å². The Balaban J connectivity index is 1.14. The number of fused-ring (bicyclic) bond motifs is 9. The number of benzene rings is 7. The first-order valence-electron chi connectivity index (χ1n) is 18.2. The molecule has 53 heavy (non-hydrogen) atoms. The first-order chi connectivity index (χ1) is 26.0.